The molecule has 0 aliphatic carbocycles. The molecular formula is C24H10Co4O14. The summed E-state index contributed by atoms with van der Waals surface area (Å²) < 4.78 is 99.8. The molecule has 0 atom stereocenters. The van der Waals surface area contributed by atoms with E-state index < -0.39 is 0 Å². The van der Waals surface area contributed by atoms with Crippen molar-refractivity contribution in [1.82, 2.24) is 0 Å². The van der Waals surface area contributed by atoms with E-state index in [4.69, 9.17) is 78.1 Å². The van der Waals surface area contributed by atoms with Gasteiger partial charge in [0, 0.05) is 67.1 Å². The standard InChI is InChI=1S/C12H10O2.12CO.4Co/c1-3-9-13-11-7-5-6-8-12-14-10-4-2;12*1-2;;;;/h1-2H,9-12H2;;;;;;;;;;;;;;;;. The molecule has 0 spiro atoms. The molecule has 0 aliphatic heterocycles. The summed E-state index contributed by atoms with van der Waals surface area (Å²) in [6, 6.07) is 0. The zero-order valence-corrected chi connectivity index (χ0v) is 24.2. The fourth-order valence-electron chi connectivity index (χ4n) is 0.483. The maximum atomic E-state index is 7.50. The van der Waals surface area contributed by atoms with Crippen LogP contribution in [0.1, 0.15) is 0 Å². The summed E-state index contributed by atoms with van der Waals surface area (Å²) in [5, 5.41) is 0. The second-order valence-electron chi connectivity index (χ2n) is 2.00. The number of rotatable bonds is 4. The van der Waals surface area contributed by atoms with Gasteiger partial charge < -0.3 is 9.47 Å². The van der Waals surface area contributed by atoms with Gasteiger partial charge in [0.05, 0.1) is 0 Å². The molecule has 42 heavy (non-hydrogen) atoms. The Hall–Kier alpha value is -2.93. The second kappa shape index (κ2) is 636. The van der Waals surface area contributed by atoms with Gasteiger partial charge in [0.1, 0.15) is 26.4 Å². The van der Waals surface area contributed by atoms with E-state index in [-0.39, 0.29) is 80.3 Å². The Balaban J connectivity index is -0.0000000127. The minimum absolute atomic E-state index is 0. The van der Waals surface area contributed by atoms with Crippen molar-refractivity contribution in [3.05, 3.63) is 79.8 Å². The van der Waals surface area contributed by atoms with Crippen molar-refractivity contribution in [2.45, 2.75) is 0 Å². The van der Waals surface area contributed by atoms with E-state index in [1.54, 1.807) is 0 Å². The van der Waals surface area contributed by atoms with Crippen LogP contribution in [0.15, 0.2) is 0 Å². The third-order valence-corrected chi connectivity index (χ3v) is 0.959. The molecule has 0 rings (SSSR count). The molecule has 4 radical (unpaired) electrons. The molecule has 0 aromatic carbocycles. The zero-order chi connectivity index (χ0) is 34.5. The van der Waals surface area contributed by atoms with Crippen molar-refractivity contribution in [2.75, 3.05) is 26.4 Å². The van der Waals surface area contributed by atoms with Crippen molar-refractivity contribution in [2.24, 2.45) is 0 Å². The molecule has 14 nitrogen and oxygen atoms in total. The van der Waals surface area contributed by atoms with Crippen LogP contribution in [-0.4, -0.2) is 26.4 Å². The van der Waals surface area contributed by atoms with Crippen LogP contribution < -0.4 is 0 Å². The van der Waals surface area contributed by atoms with Crippen molar-refractivity contribution in [1.29, 1.82) is 0 Å². The molecule has 0 heterocycles. The van der Waals surface area contributed by atoms with E-state index in [0.717, 1.165) is 0 Å². The third-order valence-electron chi connectivity index (χ3n) is 0.959. The van der Waals surface area contributed by atoms with E-state index >= 15 is 0 Å². The Kier molecular flexibility index (Phi) is 1760. The summed E-state index contributed by atoms with van der Waals surface area (Å²) in [6.07, 6.45) is 9.91. The molecule has 0 saturated carbocycles. The van der Waals surface area contributed by atoms with Gasteiger partial charge in [-0.25, -0.2) is 0 Å². The first kappa shape index (κ1) is 116. The van der Waals surface area contributed by atoms with Crippen molar-refractivity contribution >= 4 is 0 Å². The van der Waals surface area contributed by atoms with Crippen LogP contribution in [-0.2, 0) is 132 Å². The van der Waals surface area contributed by atoms with Crippen LogP contribution in [0.5, 0.6) is 0 Å². The minimum atomic E-state index is 0. The monoisotopic (exact) mass is 758 g/mol. The predicted octanol–water partition coefficient (Wildman–Crippen LogP) is -0.167. The Bertz CT molecular complexity index is 674. The van der Waals surface area contributed by atoms with Gasteiger partial charge in [-0.1, -0.05) is 23.7 Å². The van der Waals surface area contributed by atoms with E-state index in [1.165, 1.54) is 0 Å². The summed E-state index contributed by atoms with van der Waals surface area (Å²) in [5.74, 6) is 15.2. The maximum absolute atomic E-state index is 7.50. The third kappa shape index (κ3) is 741. The van der Waals surface area contributed by atoms with Gasteiger partial charge in [0.25, 0.3) is 0 Å². The van der Waals surface area contributed by atoms with Crippen molar-refractivity contribution in [3.8, 4) is 48.4 Å². The zero-order valence-electron chi connectivity index (χ0n) is 20.0. The largest absolute Gasteiger partial charge is 0 e. The van der Waals surface area contributed by atoms with E-state index in [2.05, 4.69) is 115 Å². The molecule has 0 bridgehead atoms. The van der Waals surface area contributed by atoms with E-state index in [9.17, 15) is 0 Å². The first-order valence-corrected chi connectivity index (χ1v) is 6.35. The van der Waals surface area contributed by atoms with Crippen LogP contribution >= 0.6 is 0 Å². The van der Waals surface area contributed by atoms with Crippen LogP contribution in [0, 0.1) is 128 Å². The molecule has 226 valence electrons. The molecular weight excluding hydrogens is 748 g/mol. The summed E-state index contributed by atoms with van der Waals surface area (Å²) in [4.78, 5) is 0. The quantitative estimate of drug-likeness (QED) is 0.164. The van der Waals surface area contributed by atoms with Crippen molar-refractivity contribution < 1.29 is 132 Å². The van der Waals surface area contributed by atoms with Crippen molar-refractivity contribution in [3.63, 3.8) is 0 Å². The fraction of sp³-hybridized carbons (Fsp3) is 0.167. The molecule has 0 unspecified atom stereocenters. The Morgan fingerprint density at radius 3 is 0.595 bits per heavy atom. The van der Waals surface area contributed by atoms with Gasteiger partial charge in [-0.2, -0.15) is 0 Å². The average molecular weight is 758 g/mol. The Labute approximate surface area is 285 Å². The number of hydrogen-bond acceptors (Lipinski definition) is 2. The first-order chi connectivity index (χ1) is 18.9. The second-order valence-corrected chi connectivity index (χ2v) is 2.00. The molecule has 0 aliphatic rings. The maximum Gasteiger partial charge on any atom is 0 e. The van der Waals surface area contributed by atoms with Gasteiger partial charge in [-0.3, -0.25) is 0 Å². The van der Waals surface area contributed by atoms with Crippen LogP contribution in [0.2, 0.25) is 0 Å². The number of ether oxygens (including phenoxy) is 2. The topological polar surface area (TPSA) is 257 Å². The smallest absolute Gasteiger partial charge is 0 e. The molecule has 0 N–H and O–H groups in total. The Morgan fingerprint density at radius 2 is 0.476 bits per heavy atom. The summed E-state index contributed by atoms with van der Waals surface area (Å²) in [6.45, 7) is 55.1. The number of terminal acetylenes is 2. The molecule has 0 fully saturated rings. The summed E-state index contributed by atoms with van der Waals surface area (Å²) >= 11 is 0. The molecule has 0 saturated heterocycles. The van der Waals surface area contributed by atoms with E-state index in [0.29, 0.717) is 13.2 Å². The average Bonchev–Trinajstić information content (AvgIpc) is 3.09. The van der Waals surface area contributed by atoms with Gasteiger partial charge in [0.15, 0.2) is 0 Å². The fourth-order valence-corrected chi connectivity index (χ4v) is 0.483. The van der Waals surface area contributed by atoms with Gasteiger partial charge in [-0.15, -0.1) is 12.8 Å². The molecule has 0 aromatic rings. The molecule has 18 heteroatoms. The normalized spacial score (nSPS) is 2.90. The number of hydrogen-bond donors (Lipinski definition) is 0. The summed E-state index contributed by atoms with van der Waals surface area (Å²) in [5.41, 5.74) is 0. The Morgan fingerprint density at radius 1 is 0.333 bits per heavy atom. The van der Waals surface area contributed by atoms with Gasteiger partial charge in [-0.05, 0) is 11.8 Å². The SMILES string of the molecule is C#CCOCC#CC#CCOCC#C.[C-]#[O+].[C-]#[O+].[C-]#[O+].[C-]#[O+].[C-]#[O+].[C-]#[O+].[C-]#[O+].[C-]#[O+].[C-]#[O+].[C-]#[O+].[C-]#[O+].[C-]#[O+].[Co].[Co].[Co].[Co]. The summed E-state index contributed by atoms with van der Waals surface area (Å²) in [7, 11) is 0. The van der Waals surface area contributed by atoms with Gasteiger partial charge in [0.2, 0.25) is 0 Å². The van der Waals surface area contributed by atoms with Crippen LogP contribution in [0.3, 0.4) is 0 Å². The predicted molar refractivity (Wildman–Crippen MR) is 102 cm³/mol. The van der Waals surface area contributed by atoms with Crippen LogP contribution in [0.25, 0.3) is 0 Å². The minimum Gasteiger partial charge on any atom is 0 e. The van der Waals surface area contributed by atoms with Crippen LogP contribution in [0.4, 0.5) is 0 Å². The molecule has 0 aromatic heterocycles. The van der Waals surface area contributed by atoms with Gasteiger partial charge >= 0.3 is 136 Å². The van der Waals surface area contributed by atoms with E-state index in [1.807, 2.05) is 0 Å². The molecule has 0 amide bonds. The first-order valence-electron chi connectivity index (χ1n) is 6.35.